The minimum atomic E-state index is -3.30. The first-order valence-electron chi connectivity index (χ1n) is 5.69. The second kappa shape index (κ2) is 5.11. The number of halogens is 1. The Morgan fingerprint density at radius 1 is 1.11 bits per heavy atom. The number of hydrogen-bond acceptors (Lipinski definition) is 3. The molecule has 2 aromatic rings. The lowest BCUT2D eigenvalue weighted by molar-refractivity contribution is 0.598. The van der Waals surface area contributed by atoms with E-state index in [0.29, 0.717) is 11.1 Å². The summed E-state index contributed by atoms with van der Waals surface area (Å²) in [6.07, 6.45) is 1.13. The molecule has 100 valence electrons. The molecule has 0 spiro atoms. The van der Waals surface area contributed by atoms with E-state index < -0.39 is 21.7 Å². The SMILES string of the molecule is CS(=O)(=O)c1cccc(C(N)c2ccccc2F)c1. The number of nitrogens with two attached hydrogens (primary N) is 1. The highest BCUT2D eigenvalue weighted by atomic mass is 32.2. The number of benzene rings is 2. The molecule has 0 aliphatic carbocycles. The van der Waals surface area contributed by atoms with Crippen LogP contribution in [0.1, 0.15) is 17.2 Å². The predicted octanol–water partition coefficient (Wildman–Crippen LogP) is 2.28. The van der Waals surface area contributed by atoms with Crippen molar-refractivity contribution in [3.8, 4) is 0 Å². The Labute approximate surface area is 111 Å². The van der Waals surface area contributed by atoms with E-state index in [2.05, 4.69) is 0 Å². The largest absolute Gasteiger partial charge is 0.320 e. The summed E-state index contributed by atoms with van der Waals surface area (Å²) < 4.78 is 36.7. The van der Waals surface area contributed by atoms with Crippen LogP contribution in [0.3, 0.4) is 0 Å². The maximum atomic E-state index is 13.7. The van der Waals surface area contributed by atoms with Crippen molar-refractivity contribution in [1.29, 1.82) is 0 Å². The zero-order valence-corrected chi connectivity index (χ0v) is 11.2. The molecule has 0 aliphatic heterocycles. The summed E-state index contributed by atoms with van der Waals surface area (Å²) in [7, 11) is -3.30. The summed E-state index contributed by atoms with van der Waals surface area (Å²) in [5.41, 5.74) is 6.90. The highest BCUT2D eigenvalue weighted by Crippen LogP contribution is 2.23. The second-order valence-electron chi connectivity index (χ2n) is 4.34. The Bertz CT molecular complexity index is 698. The average Bonchev–Trinajstić information content (AvgIpc) is 2.38. The van der Waals surface area contributed by atoms with Crippen LogP contribution in [0, 0.1) is 5.82 Å². The third-order valence-electron chi connectivity index (χ3n) is 2.89. The van der Waals surface area contributed by atoms with Gasteiger partial charge in [-0.25, -0.2) is 12.8 Å². The van der Waals surface area contributed by atoms with Gasteiger partial charge in [0.2, 0.25) is 0 Å². The molecule has 0 heterocycles. The first kappa shape index (κ1) is 13.7. The van der Waals surface area contributed by atoms with E-state index in [1.165, 1.54) is 18.2 Å². The van der Waals surface area contributed by atoms with Crippen LogP contribution in [0.5, 0.6) is 0 Å². The molecule has 0 fully saturated rings. The lowest BCUT2D eigenvalue weighted by atomic mass is 9.99. The quantitative estimate of drug-likeness (QED) is 0.937. The van der Waals surface area contributed by atoms with Crippen molar-refractivity contribution in [1.82, 2.24) is 0 Å². The van der Waals surface area contributed by atoms with Gasteiger partial charge >= 0.3 is 0 Å². The molecule has 2 aromatic carbocycles. The topological polar surface area (TPSA) is 60.2 Å². The van der Waals surface area contributed by atoms with Gasteiger partial charge < -0.3 is 5.73 Å². The zero-order chi connectivity index (χ0) is 14.0. The minimum Gasteiger partial charge on any atom is -0.320 e. The lowest BCUT2D eigenvalue weighted by Crippen LogP contribution is -2.14. The van der Waals surface area contributed by atoms with E-state index in [9.17, 15) is 12.8 Å². The molecule has 19 heavy (non-hydrogen) atoms. The molecule has 2 N–H and O–H groups in total. The molecular weight excluding hydrogens is 265 g/mol. The Kier molecular flexibility index (Phi) is 3.68. The van der Waals surface area contributed by atoms with E-state index in [1.807, 2.05) is 0 Å². The van der Waals surface area contributed by atoms with Crippen molar-refractivity contribution >= 4 is 9.84 Å². The monoisotopic (exact) mass is 279 g/mol. The van der Waals surface area contributed by atoms with Gasteiger partial charge in [-0.15, -0.1) is 0 Å². The highest BCUT2D eigenvalue weighted by molar-refractivity contribution is 7.90. The first-order valence-corrected chi connectivity index (χ1v) is 7.59. The molecule has 0 bridgehead atoms. The number of rotatable bonds is 3. The van der Waals surface area contributed by atoms with Crippen LogP contribution < -0.4 is 5.73 Å². The van der Waals surface area contributed by atoms with Crippen LogP contribution in [0.4, 0.5) is 4.39 Å². The molecule has 0 amide bonds. The van der Waals surface area contributed by atoms with Gasteiger partial charge in [0.05, 0.1) is 10.9 Å². The highest BCUT2D eigenvalue weighted by Gasteiger charge is 2.15. The fraction of sp³-hybridized carbons (Fsp3) is 0.143. The van der Waals surface area contributed by atoms with Gasteiger partial charge in [0.1, 0.15) is 5.82 Å². The maximum Gasteiger partial charge on any atom is 0.175 e. The zero-order valence-electron chi connectivity index (χ0n) is 10.4. The van der Waals surface area contributed by atoms with Gasteiger partial charge in [-0.05, 0) is 23.8 Å². The molecule has 0 radical (unpaired) electrons. The van der Waals surface area contributed by atoms with Crippen molar-refractivity contribution in [3.05, 3.63) is 65.5 Å². The van der Waals surface area contributed by atoms with Crippen LogP contribution in [0.25, 0.3) is 0 Å². The Morgan fingerprint density at radius 2 is 1.79 bits per heavy atom. The Hall–Kier alpha value is -1.72. The lowest BCUT2D eigenvalue weighted by Gasteiger charge is -2.14. The first-order chi connectivity index (χ1) is 8.89. The second-order valence-corrected chi connectivity index (χ2v) is 6.36. The minimum absolute atomic E-state index is 0.178. The summed E-state index contributed by atoms with van der Waals surface area (Å²) in [6.45, 7) is 0. The predicted molar refractivity (Wildman–Crippen MR) is 72.0 cm³/mol. The third kappa shape index (κ3) is 3.00. The van der Waals surface area contributed by atoms with Gasteiger partial charge in [-0.3, -0.25) is 0 Å². The fourth-order valence-corrected chi connectivity index (χ4v) is 2.52. The molecule has 0 aliphatic rings. The molecule has 5 heteroatoms. The molecular formula is C14H14FNO2S. The van der Waals surface area contributed by atoms with Gasteiger partial charge in [0.15, 0.2) is 9.84 Å². The number of hydrogen-bond donors (Lipinski definition) is 1. The van der Waals surface area contributed by atoms with Crippen molar-refractivity contribution < 1.29 is 12.8 Å². The summed E-state index contributed by atoms with van der Waals surface area (Å²) >= 11 is 0. The van der Waals surface area contributed by atoms with E-state index in [4.69, 9.17) is 5.73 Å². The summed E-state index contributed by atoms with van der Waals surface area (Å²) in [4.78, 5) is 0.178. The van der Waals surface area contributed by atoms with Crippen LogP contribution in [-0.2, 0) is 9.84 Å². The normalized spacial score (nSPS) is 13.2. The molecule has 0 saturated carbocycles. The van der Waals surface area contributed by atoms with Crippen LogP contribution >= 0.6 is 0 Å². The maximum absolute atomic E-state index is 13.7. The van der Waals surface area contributed by atoms with Crippen LogP contribution in [-0.4, -0.2) is 14.7 Å². The van der Waals surface area contributed by atoms with Gasteiger partial charge in [-0.2, -0.15) is 0 Å². The van der Waals surface area contributed by atoms with E-state index in [0.717, 1.165) is 6.26 Å². The fourth-order valence-electron chi connectivity index (χ4n) is 1.85. The summed E-state index contributed by atoms with van der Waals surface area (Å²) in [6, 6.07) is 11.8. The van der Waals surface area contributed by atoms with E-state index in [-0.39, 0.29) is 4.90 Å². The molecule has 0 saturated heterocycles. The van der Waals surface area contributed by atoms with Crippen molar-refractivity contribution in [2.75, 3.05) is 6.26 Å². The Balaban J connectivity index is 2.46. The van der Waals surface area contributed by atoms with Crippen LogP contribution in [0.2, 0.25) is 0 Å². The van der Waals surface area contributed by atoms with Gasteiger partial charge in [0.25, 0.3) is 0 Å². The molecule has 3 nitrogen and oxygen atoms in total. The Morgan fingerprint density at radius 3 is 2.42 bits per heavy atom. The third-order valence-corrected chi connectivity index (χ3v) is 4.00. The van der Waals surface area contributed by atoms with Crippen molar-refractivity contribution in [2.24, 2.45) is 5.73 Å². The molecule has 2 rings (SSSR count). The molecule has 1 unspecified atom stereocenters. The number of sulfone groups is 1. The summed E-state index contributed by atoms with van der Waals surface area (Å²) in [5.74, 6) is -0.403. The van der Waals surface area contributed by atoms with Crippen molar-refractivity contribution in [2.45, 2.75) is 10.9 Å². The van der Waals surface area contributed by atoms with Gasteiger partial charge in [0, 0.05) is 11.8 Å². The molecule has 1 atom stereocenters. The van der Waals surface area contributed by atoms with Crippen LogP contribution in [0.15, 0.2) is 53.4 Å². The average molecular weight is 279 g/mol. The van der Waals surface area contributed by atoms with E-state index >= 15 is 0 Å². The van der Waals surface area contributed by atoms with Crippen molar-refractivity contribution in [3.63, 3.8) is 0 Å². The smallest absolute Gasteiger partial charge is 0.175 e. The molecule has 0 aromatic heterocycles. The standard InChI is InChI=1S/C14H14FNO2S/c1-19(17,18)11-6-4-5-10(9-11)14(16)12-7-2-3-8-13(12)15/h2-9,14H,16H2,1H3. The summed E-state index contributed by atoms with van der Waals surface area (Å²) in [5, 5.41) is 0. The van der Waals surface area contributed by atoms with Gasteiger partial charge in [-0.1, -0.05) is 30.3 Å². The van der Waals surface area contributed by atoms with E-state index in [1.54, 1.807) is 30.3 Å².